The van der Waals surface area contributed by atoms with Crippen molar-refractivity contribution in [1.29, 1.82) is 0 Å². The first-order valence-electron chi connectivity index (χ1n) is 7.35. The third-order valence-corrected chi connectivity index (χ3v) is 4.61. The minimum absolute atomic E-state index is 0.0242. The molecule has 0 spiro atoms. The van der Waals surface area contributed by atoms with Crippen LogP contribution in [0.2, 0.25) is 0 Å². The zero-order valence-corrected chi connectivity index (χ0v) is 13.2. The maximum Gasteiger partial charge on any atom is 0.308 e. The van der Waals surface area contributed by atoms with Gasteiger partial charge in [-0.1, -0.05) is 17.8 Å². The number of carbonyl (C=O) groups is 2. The van der Waals surface area contributed by atoms with Crippen molar-refractivity contribution in [3.8, 4) is 0 Å². The number of aryl methyl sites for hydroxylation is 1. The Bertz CT molecular complexity index is 495. The fourth-order valence-electron chi connectivity index (χ4n) is 2.67. The highest BCUT2D eigenvalue weighted by Crippen LogP contribution is 2.25. The first-order chi connectivity index (χ1) is 10.2. The predicted octanol–water partition coefficient (Wildman–Crippen LogP) is 1.95. The standard InChI is InChI=1S/C14H21N3O3S/c1-3-4-11-12(21-17-16-11)13(18)15-10-7-5-9(6-8-10)14(19)20-2/h9-10H,3-8H2,1-2H3,(H,15,18). The average molecular weight is 311 g/mol. The van der Waals surface area contributed by atoms with Crippen LogP contribution in [0.15, 0.2) is 0 Å². The van der Waals surface area contributed by atoms with Gasteiger partial charge in [0.05, 0.1) is 18.7 Å². The van der Waals surface area contributed by atoms with E-state index in [0.29, 0.717) is 4.88 Å². The molecule has 1 aromatic heterocycles. The van der Waals surface area contributed by atoms with Crippen LogP contribution in [0.4, 0.5) is 0 Å². The number of aromatic nitrogens is 2. The summed E-state index contributed by atoms with van der Waals surface area (Å²) in [6.07, 6.45) is 4.85. The van der Waals surface area contributed by atoms with Gasteiger partial charge in [0.2, 0.25) is 0 Å². The minimum Gasteiger partial charge on any atom is -0.469 e. The van der Waals surface area contributed by atoms with Crippen LogP contribution in [0, 0.1) is 5.92 Å². The van der Waals surface area contributed by atoms with E-state index in [2.05, 4.69) is 21.8 Å². The topological polar surface area (TPSA) is 81.2 Å². The zero-order valence-electron chi connectivity index (χ0n) is 12.4. The lowest BCUT2D eigenvalue weighted by Gasteiger charge is -2.27. The number of carbonyl (C=O) groups excluding carboxylic acids is 2. The molecule has 1 heterocycles. The molecule has 21 heavy (non-hydrogen) atoms. The van der Waals surface area contributed by atoms with Gasteiger partial charge >= 0.3 is 5.97 Å². The Kier molecular flexibility index (Phi) is 5.67. The number of hydrogen-bond acceptors (Lipinski definition) is 6. The highest BCUT2D eigenvalue weighted by atomic mass is 32.1. The van der Waals surface area contributed by atoms with Crippen molar-refractivity contribution in [1.82, 2.24) is 14.9 Å². The Hall–Kier alpha value is -1.50. The fourth-order valence-corrected chi connectivity index (χ4v) is 3.28. The zero-order chi connectivity index (χ0) is 15.2. The average Bonchev–Trinajstić information content (AvgIpc) is 2.96. The summed E-state index contributed by atoms with van der Waals surface area (Å²) < 4.78 is 8.64. The summed E-state index contributed by atoms with van der Waals surface area (Å²) in [5.74, 6) is -0.254. The molecule has 1 N–H and O–H groups in total. The lowest BCUT2D eigenvalue weighted by Crippen LogP contribution is -2.38. The van der Waals surface area contributed by atoms with Gasteiger partial charge in [-0.15, -0.1) is 5.10 Å². The smallest absolute Gasteiger partial charge is 0.308 e. The Labute approximate surface area is 128 Å². The molecular weight excluding hydrogens is 290 g/mol. The third-order valence-electron chi connectivity index (χ3n) is 3.85. The van der Waals surface area contributed by atoms with Gasteiger partial charge in [-0.2, -0.15) is 0 Å². The summed E-state index contributed by atoms with van der Waals surface area (Å²) in [6.45, 7) is 2.05. The molecule has 0 aromatic carbocycles. The van der Waals surface area contributed by atoms with E-state index < -0.39 is 0 Å². The minimum atomic E-state index is -0.142. The van der Waals surface area contributed by atoms with E-state index in [1.54, 1.807) is 0 Å². The van der Waals surface area contributed by atoms with Gasteiger partial charge in [0, 0.05) is 6.04 Å². The van der Waals surface area contributed by atoms with E-state index >= 15 is 0 Å². The second kappa shape index (κ2) is 7.49. The van der Waals surface area contributed by atoms with Crippen LogP contribution in [0.25, 0.3) is 0 Å². The third kappa shape index (κ3) is 4.00. The molecule has 1 aliphatic rings. The van der Waals surface area contributed by atoms with E-state index in [9.17, 15) is 9.59 Å². The maximum atomic E-state index is 12.3. The molecule has 1 saturated carbocycles. The van der Waals surface area contributed by atoms with Gasteiger partial charge in [0.25, 0.3) is 5.91 Å². The van der Waals surface area contributed by atoms with Crippen LogP contribution in [0.1, 0.15) is 54.4 Å². The van der Waals surface area contributed by atoms with Gasteiger partial charge in [0.1, 0.15) is 4.88 Å². The normalized spacial score (nSPS) is 21.8. The molecule has 1 fully saturated rings. The van der Waals surface area contributed by atoms with Gasteiger partial charge in [0.15, 0.2) is 0 Å². The summed E-state index contributed by atoms with van der Waals surface area (Å²) in [5, 5.41) is 7.05. The first kappa shape index (κ1) is 15.9. The second-order valence-corrected chi connectivity index (χ2v) is 6.10. The largest absolute Gasteiger partial charge is 0.469 e. The van der Waals surface area contributed by atoms with Crippen molar-refractivity contribution >= 4 is 23.4 Å². The van der Waals surface area contributed by atoms with Crippen molar-refractivity contribution in [2.45, 2.75) is 51.5 Å². The number of nitrogens with one attached hydrogen (secondary N) is 1. The summed E-state index contributed by atoms with van der Waals surface area (Å²) in [5.41, 5.74) is 0.781. The molecule has 0 bridgehead atoms. The molecule has 116 valence electrons. The molecule has 0 atom stereocenters. The van der Waals surface area contributed by atoms with E-state index in [1.165, 1.54) is 7.11 Å². The van der Waals surface area contributed by atoms with Crippen molar-refractivity contribution in [3.05, 3.63) is 10.6 Å². The summed E-state index contributed by atoms with van der Waals surface area (Å²) in [4.78, 5) is 24.4. The SMILES string of the molecule is CCCc1nnsc1C(=O)NC1CCC(C(=O)OC)CC1. The molecule has 0 radical (unpaired) electrons. The lowest BCUT2D eigenvalue weighted by atomic mass is 9.86. The Morgan fingerprint density at radius 1 is 1.33 bits per heavy atom. The van der Waals surface area contributed by atoms with Crippen molar-refractivity contribution < 1.29 is 14.3 Å². The van der Waals surface area contributed by atoms with Crippen molar-refractivity contribution in [2.75, 3.05) is 7.11 Å². The van der Waals surface area contributed by atoms with Gasteiger partial charge in [-0.05, 0) is 43.6 Å². The lowest BCUT2D eigenvalue weighted by molar-refractivity contribution is -0.146. The van der Waals surface area contributed by atoms with Crippen molar-refractivity contribution in [3.63, 3.8) is 0 Å². The van der Waals surface area contributed by atoms with E-state index in [4.69, 9.17) is 4.74 Å². The second-order valence-electron chi connectivity index (χ2n) is 5.34. The van der Waals surface area contributed by atoms with Crippen LogP contribution in [0.5, 0.6) is 0 Å². The quantitative estimate of drug-likeness (QED) is 0.841. The van der Waals surface area contributed by atoms with Crippen LogP contribution >= 0.6 is 11.5 Å². The molecule has 1 aliphatic carbocycles. The molecule has 7 heteroatoms. The molecule has 1 amide bonds. The number of esters is 1. The number of amides is 1. The number of ether oxygens (including phenoxy) is 1. The Balaban J connectivity index is 1.87. The highest BCUT2D eigenvalue weighted by Gasteiger charge is 2.28. The van der Waals surface area contributed by atoms with Crippen molar-refractivity contribution in [2.24, 2.45) is 5.92 Å². The molecule has 2 rings (SSSR count). The number of rotatable bonds is 5. The van der Waals surface area contributed by atoms with Gasteiger partial charge in [-0.25, -0.2) is 0 Å². The number of methoxy groups -OCH3 is 1. The van der Waals surface area contributed by atoms with Crippen LogP contribution in [0.3, 0.4) is 0 Å². The van der Waals surface area contributed by atoms with Crippen LogP contribution in [-0.4, -0.2) is 34.6 Å². The Morgan fingerprint density at radius 3 is 2.67 bits per heavy atom. The summed E-state index contributed by atoms with van der Waals surface area (Å²) in [6, 6.07) is 0.120. The van der Waals surface area contributed by atoms with Crippen LogP contribution < -0.4 is 5.32 Å². The molecule has 6 nitrogen and oxygen atoms in total. The summed E-state index contributed by atoms with van der Waals surface area (Å²) >= 11 is 1.15. The molecule has 0 saturated heterocycles. The van der Waals surface area contributed by atoms with E-state index in [0.717, 1.165) is 55.8 Å². The highest BCUT2D eigenvalue weighted by molar-refractivity contribution is 7.08. The van der Waals surface area contributed by atoms with E-state index in [-0.39, 0.29) is 23.8 Å². The van der Waals surface area contributed by atoms with Crippen LogP contribution in [-0.2, 0) is 16.0 Å². The predicted molar refractivity (Wildman–Crippen MR) is 79.1 cm³/mol. The van der Waals surface area contributed by atoms with Gasteiger partial charge < -0.3 is 10.1 Å². The monoisotopic (exact) mass is 311 g/mol. The fraction of sp³-hybridized carbons (Fsp3) is 0.714. The summed E-state index contributed by atoms with van der Waals surface area (Å²) in [7, 11) is 1.42. The molecule has 0 aliphatic heterocycles. The molecular formula is C14H21N3O3S. The first-order valence-corrected chi connectivity index (χ1v) is 8.13. The number of hydrogen-bond donors (Lipinski definition) is 1. The van der Waals surface area contributed by atoms with E-state index in [1.807, 2.05) is 0 Å². The number of nitrogens with zero attached hydrogens (tertiary/aromatic N) is 2. The molecule has 0 unspecified atom stereocenters. The Morgan fingerprint density at radius 2 is 2.05 bits per heavy atom. The molecule has 1 aromatic rings. The maximum absolute atomic E-state index is 12.3. The van der Waals surface area contributed by atoms with Gasteiger partial charge in [-0.3, -0.25) is 9.59 Å².